The van der Waals surface area contributed by atoms with E-state index in [2.05, 4.69) is 0 Å². The third-order valence-electron chi connectivity index (χ3n) is 4.35. The highest BCUT2D eigenvalue weighted by Crippen LogP contribution is 2.49. The SMILES string of the molecule is CC(C)(C)OC(=O)N1CC(CO)(C2(O)COC(C)(C)C2)C1. The standard InChI is InChI=1S/C15H27NO5/c1-12(2,3)21-11(18)16-7-14(8-16,9-17)15(19)6-13(4,5)20-10-15/h17,19H,6-10H2,1-5H3. The average molecular weight is 301 g/mol. The lowest BCUT2D eigenvalue weighted by Crippen LogP contribution is -2.71. The van der Waals surface area contributed by atoms with E-state index in [9.17, 15) is 15.0 Å². The van der Waals surface area contributed by atoms with Gasteiger partial charge in [0, 0.05) is 19.5 Å². The van der Waals surface area contributed by atoms with Gasteiger partial charge in [-0.1, -0.05) is 0 Å². The molecule has 2 aliphatic heterocycles. The highest BCUT2D eigenvalue weighted by atomic mass is 16.6. The zero-order valence-electron chi connectivity index (χ0n) is 13.6. The molecule has 1 unspecified atom stereocenters. The number of aliphatic hydroxyl groups excluding tert-OH is 1. The maximum absolute atomic E-state index is 12.0. The molecule has 122 valence electrons. The quantitative estimate of drug-likeness (QED) is 0.800. The monoisotopic (exact) mass is 301 g/mol. The summed E-state index contributed by atoms with van der Waals surface area (Å²) < 4.78 is 10.9. The van der Waals surface area contributed by atoms with Crippen LogP contribution in [0.2, 0.25) is 0 Å². The third kappa shape index (κ3) is 3.03. The van der Waals surface area contributed by atoms with Gasteiger partial charge in [0.15, 0.2) is 0 Å². The normalized spacial score (nSPS) is 30.9. The number of hydrogen-bond donors (Lipinski definition) is 2. The molecule has 0 radical (unpaired) electrons. The molecule has 21 heavy (non-hydrogen) atoms. The minimum Gasteiger partial charge on any atom is -0.444 e. The molecule has 2 fully saturated rings. The maximum Gasteiger partial charge on any atom is 0.410 e. The number of hydrogen-bond acceptors (Lipinski definition) is 5. The molecule has 0 spiro atoms. The van der Waals surface area contributed by atoms with Crippen LogP contribution >= 0.6 is 0 Å². The molecular weight excluding hydrogens is 274 g/mol. The lowest BCUT2D eigenvalue weighted by Gasteiger charge is -2.55. The van der Waals surface area contributed by atoms with Crippen molar-refractivity contribution in [1.82, 2.24) is 4.90 Å². The lowest BCUT2D eigenvalue weighted by molar-refractivity contribution is -0.175. The van der Waals surface area contributed by atoms with Crippen molar-refractivity contribution in [3.05, 3.63) is 0 Å². The Balaban J connectivity index is 2.03. The van der Waals surface area contributed by atoms with E-state index >= 15 is 0 Å². The van der Waals surface area contributed by atoms with Crippen molar-refractivity contribution in [2.45, 2.75) is 57.8 Å². The first-order valence-electron chi connectivity index (χ1n) is 7.37. The van der Waals surface area contributed by atoms with E-state index < -0.39 is 28.3 Å². The molecule has 2 rings (SSSR count). The number of aliphatic hydroxyl groups is 2. The van der Waals surface area contributed by atoms with E-state index in [1.807, 2.05) is 34.6 Å². The summed E-state index contributed by atoms with van der Waals surface area (Å²) in [5.41, 5.74) is -2.80. The zero-order chi connectivity index (χ0) is 16.1. The van der Waals surface area contributed by atoms with Crippen LogP contribution < -0.4 is 0 Å². The van der Waals surface area contributed by atoms with Crippen LogP contribution in [-0.2, 0) is 9.47 Å². The topological polar surface area (TPSA) is 79.2 Å². The Bertz CT molecular complexity index is 422. The van der Waals surface area contributed by atoms with Crippen molar-refractivity contribution < 1.29 is 24.5 Å². The highest BCUT2D eigenvalue weighted by molar-refractivity contribution is 5.69. The molecule has 6 heteroatoms. The number of rotatable bonds is 2. The van der Waals surface area contributed by atoms with Gasteiger partial charge in [-0.05, 0) is 34.6 Å². The lowest BCUT2D eigenvalue weighted by atomic mass is 9.65. The number of nitrogens with zero attached hydrogens (tertiary/aromatic N) is 1. The number of amides is 1. The second-order valence-electron chi connectivity index (χ2n) is 8.03. The van der Waals surface area contributed by atoms with Gasteiger partial charge in [-0.25, -0.2) is 4.79 Å². The molecular formula is C15H27NO5. The highest BCUT2D eigenvalue weighted by Gasteiger charge is 2.63. The number of carbonyl (C=O) groups excluding carboxylic acids is 1. The summed E-state index contributed by atoms with van der Waals surface area (Å²) in [6, 6.07) is 0. The van der Waals surface area contributed by atoms with E-state index in [1.165, 1.54) is 4.90 Å². The second kappa shape index (κ2) is 4.83. The molecule has 0 aliphatic carbocycles. The van der Waals surface area contributed by atoms with E-state index in [0.29, 0.717) is 6.42 Å². The van der Waals surface area contributed by atoms with Gasteiger partial charge in [-0.15, -0.1) is 0 Å². The van der Waals surface area contributed by atoms with Gasteiger partial charge in [-0.3, -0.25) is 0 Å². The van der Waals surface area contributed by atoms with Crippen molar-refractivity contribution in [2.24, 2.45) is 5.41 Å². The summed E-state index contributed by atoms with van der Waals surface area (Å²) >= 11 is 0. The molecule has 1 atom stereocenters. The van der Waals surface area contributed by atoms with E-state index in [1.54, 1.807) is 0 Å². The molecule has 0 aromatic carbocycles. The molecule has 2 saturated heterocycles. The van der Waals surface area contributed by atoms with Gasteiger partial charge in [-0.2, -0.15) is 0 Å². The Morgan fingerprint density at radius 1 is 1.33 bits per heavy atom. The maximum atomic E-state index is 12.0. The molecule has 0 aromatic rings. The van der Waals surface area contributed by atoms with Gasteiger partial charge >= 0.3 is 6.09 Å². The second-order valence-corrected chi connectivity index (χ2v) is 8.03. The van der Waals surface area contributed by atoms with E-state index in [0.717, 1.165) is 0 Å². The molecule has 0 bridgehead atoms. The summed E-state index contributed by atoms with van der Waals surface area (Å²) in [5, 5.41) is 20.6. The fraction of sp³-hybridized carbons (Fsp3) is 0.933. The summed E-state index contributed by atoms with van der Waals surface area (Å²) in [6.07, 6.45) is 0.0382. The minimum absolute atomic E-state index is 0.178. The van der Waals surface area contributed by atoms with Crippen molar-refractivity contribution in [3.63, 3.8) is 0 Å². The number of carbonyl (C=O) groups is 1. The van der Waals surface area contributed by atoms with Crippen LogP contribution in [0.5, 0.6) is 0 Å². The van der Waals surface area contributed by atoms with Gasteiger partial charge in [0.25, 0.3) is 0 Å². The van der Waals surface area contributed by atoms with E-state index in [4.69, 9.17) is 9.47 Å². The van der Waals surface area contributed by atoms with Crippen LogP contribution in [0.15, 0.2) is 0 Å². The first-order valence-corrected chi connectivity index (χ1v) is 7.37. The molecule has 1 amide bonds. The summed E-state index contributed by atoms with van der Waals surface area (Å²) in [4.78, 5) is 13.5. The molecule has 0 aromatic heterocycles. The van der Waals surface area contributed by atoms with Crippen LogP contribution in [0.3, 0.4) is 0 Å². The van der Waals surface area contributed by atoms with Crippen LogP contribution in [-0.4, -0.2) is 64.3 Å². The Hall–Kier alpha value is -0.850. The van der Waals surface area contributed by atoms with E-state index in [-0.39, 0.29) is 26.3 Å². The van der Waals surface area contributed by atoms with Crippen molar-refractivity contribution in [2.75, 3.05) is 26.3 Å². The van der Waals surface area contributed by atoms with Crippen LogP contribution in [0, 0.1) is 5.41 Å². The smallest absolute Gasteiger partial charge is 0.410 e. The van der Waals surface area contributed by atoms with Gasteiger partial charge in [0.1, 0.15) is 11.2 Å². The van der Waals surface area contributed by atoms with Crippen molar-refractivity contribution in [1.29, 1.82) is 0 Å². The number of likely N-dealkylation sites (tertiary alicyclic amines) is 1. The van der Waals surface area contributed by atoms with Gasteiger partial charge in [0.2, 0.25) is 0 Å². The summed E-state index contributed by atoms with van der Waals surface area (Å²) in [7, 11) is 0. The Kier molecular flexibility index (Phi) is 3.80. The van der Waals surface area contributed by atoms with Crippen molar-refractivity contribution >= 4 is 6.09 Å². The number of ether oxygens (including phenoxy) is 2. The van der Waals surface area contributed by atoms with Crippen LogP contribution in [0.25, 0.3) is 0 Å². The van der Waals surface area contributed by atoms with Crippen molar-refractivity contribution in [3.8, 4) is 0 Å². The molecule has 2 heterocycles. The predicted octanol–water partition coefficient (Wildman–Crippen LogP) is 1.15. The van der Waals surface area contributed by atoms with Gasteiger partial charge in [0.05, 0.1) is 24.2 Å². The zero-order valence-corrected chi connectivity index (χ0v) is 13.6. The molecule has 0 saturated carbocycles. The minimum atomic E-state index is -1.11. The average Bonchev–Trinajstić information content (AvgIpc) is 2.50. The Morgan fingerprint density at radius 2 is 1.90 bits per heavy atom. The molecule has 2 N–H and O–H groups in total. The fourth-order valence-electron chi connectivity index (χ4n) is 3.14. The predicted molar refractivity (Wildman–Crippen MR) is 76.9 cm³/mol. The molecule has 2 aliphatic rings. The van der Waals surface area contributed by atoms with Crippen LogP contribution in [0.4, 0.5) is 4.79 Å². The summed E-state index contributed by atoms with van der Waals surface area (Å²) in [5.74, 6) is 0. The summed E-state index contributed by atoms with van der Waals surface area (Å²) in [6.45, 7) is 9.84. The van der Waals surface area contributed by atoms with Crippen LogP contribution in [0.1, 0.15) is 41.0 Å². The largest absolute Gasteiger partial charge is 0.444 e. The third-order valence-corrected chi connectivity index (χ3v) is 4.35. The van der Waals surface area contributed by atoms with Gasteiger partial charge < -0.3 is 24.6 Å². The first kappa shape index (κ1) is 16.5. The molecule has 6 nitrogen and oxygen atoms in total. The fourth-order valence-corrected chi connectivity index (χ4v) is 3.14. The first-order chi connectivity index (χ1) is 9.42. The Labute approximate surface area is 126 Å². The Morgan fingerprint density at radius 3 is 2.29 bits per heavy atom.